The minimum Gasteiger partial charge on any atom is -0.423 e. The van der Waals surface area contributed by atoms with Crippen molar-refractivity contribution in [2.75, 3.05) is 0 Å². The quantitative estimate of drug-likeness (QED) is 0.441. The lowest BCUT2D eigenvalue weighted by molar-refractivity contribution is 0.0254. The first-order valence-electron chi connectivity index (χ1n) is 8.38. The summed E-state index contributed by atoms with van der Waals surface area (Å²) < 4.78 is 12.9. The van der Waals surface area contributed by atoms with Crippen LogP contribution in [0.1, 0.15) is 17.2 Å². The van der Waals surface area contributed by atoms with Crippen molar-refractivity contribution < 1.29 is 9.15 Å². The number of nitrogens with zero attached hydrogens (tertiary/aromatic N) is 4. The molecule has 0 aliphatic carbocycles. The Labute approximate surface area is 169 Å². The Kier molecular flexibility index (Phi) is 5.38. The lowest BCUT2D eigenvalue weighted by Crippen LogP contribution is -2.14. The molecule has 0 fully saturated rings. The number of hydrogen-bond donors (Lipinski definition) is 0. The van der Waals surface area contributed by atoms with E-state index in [1.165, 1.54) is 12.4 Å². The van der Waals surface area contributed by atoms with Crippen molar-refractivity contribution in [1.82, 2.24) is 20.2 Å². The van der Waals surface area contributed by atoms with Gasteiger partial charge >= 0.3 is 5.63 Å². The second kappa shape index (κ2) is 8.10. The zero-order valence-corrected chi connectivity index (χ0v) is 16.0. The zero-order chi connectivity index (χ0) is 19.5. The van der Waals surface area contributed by atoms with Crippen molar-refractivity contribution in [2.24, 2.45) is 0 Å². The average molecular weight is 417 g/mol. The van der Waals surface area contributed by atoms with Crippen molar-refractivity contribution >= 4 is 34.2 Å². The molecule has 2 aromatic carbocycles. The molecule has 28 heavy (non-hydrogen) atoms. The van der Waals surface area contributed by atoms with Gasteiger partial charge < -0.3 is 9.15 Å². The van der Waals surface area contributed by atoms with Gasteiger partial charge in [0, 0.05) is 27.1 Å². The van der Waals surface area contributed by atoms with Gasteiger partial charge in [-0.2, -0.15) is 0 Å². The number of halogens is 2. The van der Waals surface area contributed by atoms with E-state index in [-0.39, 0.29) is 6.61 Å². The SMILES string of the molecule is O=c1ccc2ccc(COC(Cn3cnnn3)c3ccc(Cl)cc3Cl)cc2o1. The lowest BCUT2D eigenvalue weighted by Gasteiger charge is -2.19. The monoisotopic (exact) mass is 416 g/mol. The highest BCUT2D eigenvalue weighted by atomic mass is 35.5. The van der Waals surface area contributed by atoms with Crippen molar-refractivity contribution in [3.05, 3.63) is 86.5 Å². The van der Waals surface area contributed by atoms with Crippen molar-refractivity contribution in [3.8, 4) is 0 Å². The topological polar surface area (TPSA) is 83.0 Å². The van der Waals surface area contributed by atoms with Crippen LogP contribution < -0.4 is 5.63 Å². The molecule has 7 nitrogen and oxygen atoms in total. The van der Waals surface area contributed by atoms with Gasteiger partial charge in [0.2, 0.25) is 0 Å². The van der Waals surface area contributed by atoms with Gasteiger partial charge in [-0.15, -0.1) is 5.10 Å². The Hall–Kier alpha value is -2.74. The summed E-state index contributed by atoms with van der Waals surface area (Å²) in [4.78, 5) is 11.4. The normalized spacial score (nSPS) is 12.4. The van der Waals surface area contributed by atoms with Crippen LogP contribution in [-0.4, -0.2) is 20.2 Å². The third-order valence-electron chi connectivity index (χ3n) is 4.19. The summed E-state index contributed by atoms with van der Waals surface area (Å²) in [6.45, 7) is 0.650. The third kappa shape index (κ3) is 4.22. The van der Waals surface area contributed by atoms with Gasteiger partial charge in [-0.3, -0.25) is 0 Å². The Balaban J connectivity index is 1.59. The first kappa shape index (κ1) is 18.6. The van der Waals surface area contributed by atoms with Gasteiger partial charge in [0.25, 0.3) is 0 Å². The van der Waals surface area contributed by atoms with Crippen LogP contribution >= 0.6 is 23.2 Å². The first-order chi connectivity index (χ1) is 13.6. The van der Waals surface area contributed by atoms with Gasteiger partial charge in [0.15, 0.2) is 0 Å². The number of ether oxygens (including phenoxy) is 1. The molecule has 4 rings (SSSR count). The number of rotatable bonds is 6. The van der Waals surface area contributed by atoms with Gasteiger partial charge in [-0.1, -0.05) is 41.4 Å². The number of hydrogen-bond acceptors (Lipinski definition) is 6. The van der Waals surface area contributed by atoms with E-state index in [4.69, 9.17) is 32.4 Å². The highest BCUT2D eigenvalue weighted by Gasteiger charge is 2.18. The molecular formula is C19H14Cl2N4O3. The number of tetrazole rings is 1. The van der Waals surface area contributed by atoms with E-state index in [1.54, 1.807) is 28.9 Å². The van der Waals surface area contributed by atoms with Crippen LogP contribution in [0.2, 0.25) is 10.0 Å². The van der Waals surface area contributed by atoms with Crippen molar-refractivity contribution in [3.63, 3.8) is 0 Å². The molecule has 0 aliphatic heterocycles. The molecule has 0 radical (unpaired) electrons. The maximum Gasteiger partial charge on any atom is 0.336 e. The largest absolute Gasteiger partial charge is 0.423 e. The molecule has 0 N–H and O–H groups in total. The summed E-state index contributed by atoms with van der Waals surface area (Å²) in [6, 6.07) is 13.9. The molecule has 0 aliphatic rings. The predicted octanol–water partition coefficient (Wildman–Crippen LogP) is 4.04. The molecule has 2 aromatic heterocycles. The Morgan fingerprint density at radius 1 is 1.11 bits per heavy atom. The highest BCUT2D eigenvalue weighted by molar-refractivity contribution is 6.35. The molecule has 0 bridgehead atoms. The van der Waals surface area contributed by atoms with Gasteiger partial charge in [-0.25, -0.2) is 9.48 Å². The number of benzene rings is 2. The minimum absolute atomic E-state index is 0.278. The van der Waals surface area contributed by atoms with Gasteiger partial charge in [0.05, 0.1) is 13.2 Å². The van der Waals surface area contributed by atoms with Crippen LogP contribution in [-0.2, 0) is 17.9 Å². The molecular weight excluding hydrogens is 403 g/mol. The summed E-state index contributed by atoms with van der Waals surface area (Å²) in [5.41, 5.74) is 1.74. The Bertz CT molecular complexity index is 1160. The van der Waals surface area contributed by atoms with E-state index in [0.29, 0.717) is 22.2 Å². The first-order valence-corrected chi connectivity index (χ1v) is 9.14. The molecule has 1 unspecified atom stereocenters. The summed E-state index contributed by atoms with van der Waals surface area (Å²) in [7, 11) is 0. The standard InChI is InChI=1S/C19H14Cl2N4O3/c20-14-4-5-15(16(21)8-14)18(9-25-11-22-23-24-25)27-10-12-1-2-13-3-6-19(26)28-17(13)7-12/h1-8,11,18H,9-10H2. The van der Waals surface area contributed by atoms with E-state index in [0.717, 1.165) is 16.5 Å². The maximum absolute atomic E-state index is 11.4. The molecule has 4 aromatic rings. The molecule has 1 atom stereocenters. The van der Waals surface area contributed by atoms with Gasteiger partial charge in [-0.05, 0) is 40.3 Å². The minimum atomic E-state index is -0.410. The Morgan fingerprint density at radius 2 is 1.96 bits per heavy atom. The Morgan fingerprint density at radius 3 is 2.75 bits per heavy atom. The molecule has 0 saturated heterocycles. The van der Waals surface area contributed by atoms with Crippen molar-refractivity contribution in [2.45, 2.75) is 19.3 Å². The fourth-order valence-corrected chi connectivity index (χ4v) is 3.36. The van der Waals surface area contributed by atoms with E-state index >= 15 is 0 Å². The molecule has 9 heteroatoms. The van der Waals surface area contributed by atoms with Crippen LogP contribution in [0.3, 0.4) is 0 Å². The van der Waals surface area contributed by atoms with Crippen LogP contribution in [0.15, 0.2) is 64.1 Å². The fraction of sp³-hybridized carbons (Fsp3) is 0.158. The van der Waals surface area contributed by atoms with E-state index in [2.05, 4.69) is 15.5 Å². The van der Waals surface area contributed by atoms with E-state index in [1.807, 2.05) is 18.2 Å². The number of fused-ring (bicyclic) bond motifs is 1. The predicted molar refractivity (Wildman–Crippen MR) is 104 cm³/mol. The second-order valence-electron chi connectivity index (χ2n) is 6.12. The molecule has 0 spiro atoms. The van der Waals surface area contributed by atoms with Crippen LogP contribution in [0, 0.1) is 0 Å². The second-order valence-corrected chi connectivity index (χ2v) is 6.97. The van der Waals surface area contributed by atoms with E-state index in [9.17, 15) is 4.79 Å². The average Bonchev–Trinajstić information content (AvgIpc) is 3.18. The third-order valence-corrected chi connectivity index (χ3v) is 4.75. The summed E-state index contributed by atoms with van der Waals surface area (Å²) >= 11 is 12.4. The fourth-order valence-electron chi connectivity index (χ4n) is 2.83. The van der Waals surface area contributed by atoms with Crippen molar-refractivity contribution in [1.29, 1.82) is 0 Å². The lowest BCUT2D eigenvalue weighted by atomic mass is 10.1. The molecule has 0 amide bonds. The molecule has 0 saturated carbocycles. The maximum atomic E-state index is 11.4. The summed E-state index contributed by atoms with van der Waals surface area (Å²) in [6.07, 6.45) is 1.09. The molecule has 2 heterocycles. The van der Waals surface area contributed by atoms with Crippen LogP contribution in [0.4, 0.5) is 0 Å². The highest BCUT2D eigenvalue weighted by Crippen LogP contribution is 2.30. The molecule has 142 valence electrons. The van der Waals surface area contributed by atoms with Gasteiger partial charge in [0.1, 0.15) is 18.0 Å². The zero-order valence-electron chi connectivity index (χ0n) is 14.5. The number of aromatic nitrogens is 4. The summed E-state index contributed by atoms with van der Waals surface area (Å²) in [5.74, 6) is 0. The van der Waals surface area contributed by atoms with Crippen LogP contribution in [0.5, 0.6) is 0 Å². The smallest absolute Gasteiger partial charge is 0.336 e. The summed E-state index contributed by atoms with van der Waals surface area (Å²) in [5, 5.41) is 13.1. The van der Waals surface area contributed by atoms with Crippen LogP contribution in [0.25, 0.3) is 11.0 Å². The van der Waals surface area contributed by atoms with E-state index < -0.39 is 11.7 Å².